The van der Waals surface area contributed by atoms with E-state index in [0.29, 0.717) is 11.1 Å². The van der Waals surface area contributed by atoms with E-state index in [4.69, 9.17) is 11.6 Å². The highest BCUT2D eigenvalue weighted by molar-refractivity contribution is 6.30. The Hall–Kier alpha value is -0.950. The number of hydrogen-bond acceptors (Lipinski definition) is 0. The lowest BCUT2D eigenvalue weighted by Crippen LogP contribution is -1.92. The van der Waals surface area contributed by atoms with Crippen LogP contribution in [0.1, 0.15) is 30.9 Å². The van der Waals surface area contributed by atoms with Gasteiger partial charge in [0.25, 0.3) is 0 Å². The molecule has 1 N–H and O–H groups in total. The first-order valence-corrected chi connectivity index (χ1v) is 5.25. The summed E-state index contributed by atoms with van der Waals surface area (Å²) in [5.41, 5.74) is 3.86. The molecule has 2 heteroatoms. The van der Waals surface area contributed by atoms with Gasteiger partial charge in [-0.05, 0) is 36.1 Å². The quantitative estimate of drug-likeness (QED) is 0.720. The van der Waals surface area contributed by atoms with Crippen molar-refractivity contribution in [3.8, 4) is 0 Å². The van der Waals surface area contributed by atoms with Crippen LogP contribution in [0.3, 0.4) is 0 Å². The second kappa shape index (κ2) is 3.32. The van der Waals surface area contributed by atoms with Crippen LogP contribution in [0.25, 0.3) is 10.9 Å². The normalized spacial score (nSPS) is 11.5. The fraction of sp³-hybridized carbons (Fsp3) is 0.333. The maximum absolute atomic E-state index is 5.96. The van der Waals surface area contributed by atoms with E-state index in [1.807, 2.05) is 6.07 Å². The smallest absolute Gasteiger partial charge is 0.107 e. The summed E-state index contributed by atoms with van der Waals surface area (Å²) >= 11 is 5.96. The molecule has 14 heavy (non-hydrogen) atoms. The number of nitrogens with one attached hydrogen (secondary N) is 1. The summed E-state index contributed by atoms with van der Waals surface area (Å²) in [6.45, 7) is 6.57. The number of fused-ring (bicyclic) bond motifs is 1. The summed E-state index contributed by atoms with van der Waals surface area (Å²) in [7, 11) is 0. The van der Waals surface area contributed by atoms with E-state index < -0.39 is 0 Å². The average Bonchev–Trinajstić information content (AvgIpc) is 2.43. The van der Waals surface area contributed by atoms with Gasteiger partial charge < -0.3 is 4.98 Å². The summed E-state index contributed by atoms with van der Waals surface area (Å²) in [5.74, 6) is 0.533. The minimum absolute atomic E-state index is 0.533. The maximum atomic E-state index is 5.96. The lowest BCUT2D eigenvalue weighted by molar-refractivity contribution is 0.867. The Bertz CT molecular complexity index is 468. The molecule has 1 aromatic heterocycles. The predicted molar refractivity (Wildman–Crippen MR) is 62.1 cm³/mol. The molecule has 0 aliphatic rings. The van der Waals surface area contributed by atoms with E-state index in [-0.39, 0.29) is 0 Å². The molecule has 1 nitrogen and oxygen atoms in total. The van der Waals surface area contributed by atoms with Crippen molar-refractivity contribution in [1.29, 1.82) is 0 Å². The molecule has 2 aromatic rings. The molecule has 0 atom stereocenters. The molecular formula is C12H14ClN. The summed E-state index contributed by atoms with van der Waals surface area (Å²) < 4.78 is 0. The second-order valence-electron chi connectivity index (χ2n) is 4.03. The van der Waals surface area contributed by atoms with Gasteiger partial charge in [0.2, 0.25) is 0 Å². The van der Waals surface area contributed by atoms with Crippen molar-refractivity contribution in [2.45, 2.75) is 26.7 Å². The number of aromatic nitrogens is 1. The van der Waals surface area contributed by atoms with E-state index >= 15 is 0 Å². The molecule has 1 heterocycles. The topological polar surface area (TPSA) is 15.8 Å². The van der Waals surface area contributed by atoms with Gasteiger partial charge in [-0.1, -0.05) is 31.5 Å². The van der Waals surface area contributed by atoms with E-state index in [1.165, 1.54) is 16.5 Å². The highest BCUT2D eigenvalue weighted by Crippen LogP contribution is 2.30. The molecule has 0 radical (unpaired) electrons. The van der Waals surface area contributed by atoms with Crippen LogP contribution < -0.4 is 0 Å². The largest absolute Gasteiger partial charge is 0.346 e. The number of halogens is 1. The molecule has 0 fully saturated rings. The minimum Gasteiger partial charge on any atom is -0.346 e. The first-order valence-electron chi connectivity index (χ1n) is 4.87. The van der Waals surface area contributed by atoms with Gasteiger partial charge in [-0.3, -0.25) is 0 Å². The number of aromatic amines is 1. The van der Waals surface area contributed by atoms with Crippen LogP contribution in [0.15, 0.2) is 18.2 Å². The van der Waals surface area contributed by atoms with Crippen LogP contribution in [0, 0.1) is 6.92 Å². The Balaban J connectivity index is 2.82. The van der Waals surface area contributed by atoms with Crippen LogP contribution in [-0.4, -0.2) is 4.98 Å². The van der Waals surface area contributed by atoms with Crippen molar-refractivity contribution in [1.82, 2.24) is 4.98 Å². The lowest BCUT2D eigenvalue weighted by atomic mass is 9.94. The van der Waals surface area contributed by atoms with Gasteiger partial charge in [0.1, 0.15) is 5.15 Å². The van der Waals surface area contributed by atoms with Gasteiger partial charge in [-0.15, -0.1) is 0 Å². The Morgan fingerprint density at radius 1 is 1.29 bits per heavy atom. The standard InChI is InChI=1S/C12H14ClN/c1-7(2)12-8(3)4-5-10-9(12)6-11(13)14-10/h4-7,14H,1-3H3. The van der Waals surface area contributed by atoms with E-state index in [0.717, 1.165) is 5.52 Å². The van der Waals surface area contributed by atoms with Gasteiger partial charge in [0, 0.05) is 10.9 Å². The molecule has 0 unspecified atom stereocenters. The third kappa shape index (κ3) is 1.42. The molecular weight excluding hydrogens is 194 g/mol. The second-order valence-corrected chi connectivity index (χ2v) is 4.44. The Morgan fingerprint density at radius 3 is 2.64 bits per heavy atom. The summed E-state index contributed by atoms with van der Waals surface area (Å²) in [4.78, 5) is 3.15. The molecule has 1 aromatic carbocycles. The van der Waals surface area contributed by atoms with Gasteiger partial charge in [-0.25, -0.2) is 0 Å². The minimum atomic E-state index is 0.533. The SMILES string of the molecule is Cc1ccc2[nH]c(Cl)cc2c1C(C)C. The molecule has 0 bridgehead atoms. The molecule has 0 spiro atoms. The fourth-order valence-corrected chi connectivity index (χ4v) is 2.28. The van der Waals surface area contributed by atoms with Crippen molar-refractivity contribution in [2.75, 3.05) is 0 Å². The highest BCUT2D eigenvalue weighted by Gasteiger charge is 2.10. The zero-order valence-corrected chi connectivity index (χ0v) is 9.44. The van der Waals surface area contributed by atoms with E-state index in [1.54, 1.807) is 0 Å². The van der Waals surface area contributed by atoms with Crippen molar-refractivity contribution < 1.29 is 0 Å². The van der Waals surface area contributed by atoms with Crippen LogP contribution in [0.5, 0.6) is 0 Å². The van der Waals surface area contributed by atoms with Crippen molar-refractivity contribution in [3.63, 3.8) is 0 Å². The van der Waals surface area contributed by atoms with Gasteiger partial charge in [0.05, 0.1) is 0 Å². The number of rotatable bonds is 1. The molecule has 0 amide bonds. The van der Waals surface area contributed by atoms with Crippen LogP contribution in [0.2, 0.25) is 5.15 Å². The summed E-state index contributed by atoms with van der Waals surface area (Å²) in [6, 6.07) is 6.24. The lowest BCUT2D eigenvalue weighted by Gasteiger charge is -2.10. The molecule has 74 valence electrons. The predicted octanol–water partition coefficient (Wildman–Crippen LogP) is 4.25. The van der Waals surface area contributed by atoms with Crippen LogP contribution in [0.4, 0.5) is 0 Å². The highest BCUT2D eigenvalue weighted by atomic mass is 35.5. The fourth-order valence-electron chi connectivity index (χ4n) is 2.07. The van der Waals surface area contributed by atoms with Gasteiger partial charge in [-0.2, -0.15) is 0 Å². The first kappa shape index (κ1) is 9.60. The molecule has 0 aliphatic heterocycles. The third-order valence-corrected chi connectivity index (χ3v) is 2.81. The van der Waals surface area contributed by atoms with Crippen molar-refractivity contribution >= 4 is 22.5 Å². The molecule has 2 rings (SSSR count). The number of H-pyrrole nitrogens is 1. The number of aryl methyl sites for hydroxylation is 1. The Morgan fingerprint density at radius 2 is 2.00 bits per heavy atom. The van der Waals surface area contributed by atoms with Crippen LogP contribution >= 0.6 is 11.6 Å². The molecule has 0 aliphatic carbocycles. The number of hydrogen-bond donors (Lipinski definition) is 1. The zero-order chi connectivity index (χ0) is 10.3. The van der Waals surface area contributed by atoms with E-state index in [2.05, 4.69) is 37.9 Å². The summed E-state index contributed by atoms with van der Waals surface area (Å²) in [5, 5.41) is 1.97. The zero-order valence-electron chi connectivity index (χ0n) is 8.69. The van der Waals surface area contributed by atoms with Crippen molar-refractivity contribution in [2.24, 2.45) is 0 Å². The van der Waals surface area contributed by atoms with Crippen LogP contribution in [-0.2, 0) is 0 Å². The van der Waals surface area contributed by atoms with Gasteiger partial charge >= 0.3 is 0 Å². The summed E-state index contributed by atoms with van der Waals surface area (Å²) in [6.07, 6.45) is 0. The average molecular weight is 208 g/mol. The molecule has 0 saturated carbocycles. The Kier molecular flexibility index (Phi) is 2.28. The first-order chi connectivity index (χ1) is 6.59. The third-order valence-electron chi connectivity index (χ3n) is 2.61. The number of benzene rings is 1. The Labute approximate surface area is 89.1 Å². The van der Waals surface area contributed by atoms with Crippen molar-refractivity contribution in [3.05, 3.63) is 34.5 Å². The molecule has 0 saturated heterocycles. The monoisotopic (exact) mass is 207 g/mol. The van der Waals surface area contributed by atoms with Gasteiger partial charge in [0.15, 0.2) is 0 Å². The maximum Gasteiger partial charge on any atom is 0.107 e. The van der Waals surface area contributed by atoms with E-state index in [9.17, 15) is 0 Å².